The van der Waals surface area contributed by atoms with Crippen LogP contribution < -0.4 is 0 Å². The smallest absolute Gasteiger partial charge is 0.410 e. The number of hydrogen-bond donors (Lipinski definition) is 0. The van der Waals surface area contributed by atoms with Gasteiger partial charge in [0, 0.05) is 32.1 Å². The van der Waals surface area contributed by atoms with E-state index in [0.717, 1.165) is 32.4 Å². The van der Waals surface area contributed by atoms with E-state index in [-0.39, 0.29) is 6.09 Å². The van der Waals surface area contributed by atoms with E-state index in [2.05, 4.69) is 9.97 Å². The molecule has 0 unspecified atom stereocenters. The largest absolute Gasteiger partial charge is 0.444 e. The minimum atomic E-state index is -0.455. The fourth-order valence-corrected chi connectivity index (χ4v) is 2.82. The highest BCUT2D eigenvalue weighted by atomic mass is 35.5. The van der Waals surface area contributed by atoms with Crippen LogP contribution in [0.3, 0.4) is 0 Å². The predicted molar refractivity (Wildman–Crippen MR) is 91.8 cm³/mol. The molecule has 0 bridgehead atoms. The van der Waals surface area contributed by atoms with Crippen LogP contribution in [0.4, 0.5) is 4.79 Å². The Kier molecular flexibility index (Phi) is 6.80. The molecule has 0 N–H and O–H groups in total. The van der Waals surface area contributed by atoms with Gasteiger partial charge in [0.1, 0.15) is 11.3 Å². The van der Waals surface area contributed by atoms with Gasteiger partial charge >= 0.3 is 6.09 Å². The molecule has 24 heavy (non-hydrogen) atoms. The topological polar surface area (TPSA) is 64.5 Å². The summed E-state index contributed by atoms with van der Waals surface area (Å²) in [5.41, 5.74) is 0.196. The van der Waals surface area contributed by atoms with Crippen molar-refractivity contribution in [2.45, 2.75) is 52.2 Å². The SMILES string of the molecule is CC(C)(C)OC(=O)N1CCC[C@H](CCOCc2nccnc2Cl)C1. The molecule has 1 atom stereocenters. The zero-order valence-corrected chi connectivity index (χ0v) is 15.4. The van der Waals surface area contributed by atoms with Gasteiger partial charge in [-0.25, -0.2) is 9.78 Å². The van der Waals surface area contributed by atoms with Crippen molar-refractivity contribution in [2.24, 2.45) is 5.92 Å². The number of rotatable bonds is 5. The van der Waals surface area contributed by atoms with Gasteiger partial charge in [0.25, 0.3) is 0 Å². The predicted octanol–water partition coefficient (Wildman–Crippen LogP) is 3.68. The Morgan fingerprint density at radius 2 is 2.12 bits per heavy atom. The summed E-state index contributed by atoms with van der Waals surface area (Å²) in [6.45, 7) is 8.12. The van der Waals surface area contributed by atoms with Crippen molar-refractivity contribution in [1.82, 2.24) is 14.9 Å². The van der Waals surface area contributed by atoms with Crippen molar-refractivity contribution < 1.29 is 14.3 Å². The number of likely N-dealkylation sites (tertiary alicyclic amines) is 1. The second-order valence-electron chi connectivity index (χ2n) is 7.07. The van der Waals surface area contributed by atoms with E-state index in [4.69, 9.17) is 21.1 Å². The first-order valence-corrected chi connectivity index (χ1v) is 8.74. The average Bonchev–Trinajstić information content (AvgIpc) is 2.52. The van der Waals surface area contributed by atoms with Crippen LogP contribution in [0.15, 0.2) is 12.4 Å². The van der Waals surface area contributed by atoms with Gasteiger partial charge < -0.3 is 14.4 Å². The van der Waals surface area contributed by atoms with Crippen LogP contribution in [0.2, 0.25) is 5.15 Å². The van der Waals surface area contributed by atoms with Gasteiger partial charge in [-0.15, -0.1) is 0 Å². The molecule has 0 spiro atoms. The van der Waals surface area contributed by atoms with Crippen molar-refractivity contribution in [3.05, 3.63) is 23.2 Å². The van der Waals surface area contributed by atoms with Gasteiger partial charge in [0.2, 0.25) is 0 Å². The number of carbonyl (C=O) groups excluding carboxylic acids is 1. The highest BCUT2D eigenvalue weighted by Crippen LogP contribution is 2.22. The number of nitrogens with zero attached hydrogens (tertiary/aromatic N) is 3. The van der Waals surface area contributed by atoms with Crippen molar-refractivity contribution in [3.63, 3.8) is 0 Å². The van der Waals surface area contributed by atoms with E-state index < -0.39 is 5.60 Å². The van der Waals surface area contributed by atoms with Gasteiger partial charge in [-0.1, -0.05) is 11.6 Å². The van der Waals surface area contributed by atoms with E-state index in [1.54, 1.807) is 17.3 Å². The van der Waals surface area contributed by atoms with Crippen LogP contribution >= 0.6 is 11.6 Å². The third-order valence-corrected chi connectivity index (χ3v) is 4.12. The summed E-state index contributed by atoms with van der Waals surface area (Å²) >= 11 is 5.95. The van der Waals surface area contributed by atoms with E-state index in [9.17, 15) is 4.79 Å². The first-order valence-electron chi connectivity index (χ1n) is 8.36. The monoisotopic (exact) mass is 355 g/mol. The Morgan fingerprint density at radius 1 is 1.38 bits per heavy atom. The van der Waals surface area contributed by atoms with Crippen LogP contribution in [0.1, 0.15) is 45.7 Å². The summed E-state index contributed by atoms with van der Waals surface area (Å²) < 4.78 is 11.1. The van der Waals surface area contributed by atoms with Gasteiger partial charge in [0.05, 0.1) is 6.61 Å². The summed E-state index contributed by atoms with van der Waals surface area (Å²) in [5.74, 6) is 0.434. The first kappa shape index (κ1) is 18.9. The minimum absolute atomic E-state index is 0.223. The zero-order valence-electron chi connectivity index (χ0n) is 14.6. The maximum absolute atomic E-state index is 12.2. The molecule has 1 aromatic heterocycles. The lowest BCUT2D eigenvalue weighted by Gasteiger charge is -2.34. The van der Waals surface area contributed by atoms with Crippen molar-refractivity contribution >= 4 is 17.7 Å². The van der Waals surface area contributed by atoms with Crippen LogP contribution in [0, 0.1) is 5.92 Å². The Labute approximate surface area is 148 Å². The number of ether oxygens (including phenoxy) is 2. The second kappa shape index (κ2) is 8.62. The Morgan fingerprint density at radius 3 is 2.83 bits per heavy atom. The molecule has 7 heteroatoms. The molecular weight excluding hydrogens is 330 g/mol. The Hall–Kier alpha value is -1.40. The number of aromatic nitrogens is 2. The molecule has 1 aliphatic heterocycles. The molecule has 2 rings (SSSR count). The van der Waals surface area contributed by atoms with E-state index in [1.165, 1.54) is 0 Å². The quantitative estimate of drug-likeness (QED) is 0.754. The maximum atomic E-state index is 12.2. The fourth-order valence-electron chi connectivity index (χ4n) is 2.66. The number of carbonyl (C=O) groups is 1. The van der Waals surface area contributed by atoms with Crippen LogP contribution in [-0.2, 0) is 16.1 Å². The van der Waals surface area contributed by atoms with Crippen LogP contribution in [0.25, 0.3) is 0 Å². The van der Waals surface area contributed by atoms with Crippen molar-refractivity contribution in [2.75, 3.05) is 19.7 Å². The van der Waals surface area contributed by atoms with Gasteiger partial charge in [0.15, 0.2) is 5.15 Å². The van der Waals surface area contributed by atoms with Crippen LogP contribution in [-0.4, -0.2) is 46.3 Å². The summed E-state index contributed by atoms with van der Waals surface area (Å²) in [7, 11) is 0. The maximum Gasteiger partial charge on any atom is 0.410 e. The number of amides is 1. The molecule has 1 saturated heterocycles. The molecule has 1 fully saturated rings. The van der Waals surface area contributed by atoms with Crippen LogP contribution in [0.5, 0.6) is 0 Å². The summed E-state index contributed by atoms with van der Waals surface area (Å²) in [4.78, 5) is 22.1. The molecule has 0 aromatic carbocycles. The highest BCUT2D eigenvalue weighted by Gasteiger charge is 2.27. The van der Waals surface area contributed by atoms with E-state index in [0.29, 0.717) is 30.0 Å². The van der Waals surface area contributed by atoms with Gasteiger partial charge in [-0.2, -0.15) is 0 Å². The van der Waals surface area contributed by atoms with Crippen molar-refractivity contribution in [1.29, 1.82) is 0 Å². The molecule has 1 aliphatic rings. The van der Waals surface area contributed by atoms with Gasteiger partial charge in [-0.3, -0.25) is 4.98 Å². The number of hydrogen-bond acceptors (Lipinski definition) is 5. The average molecular weight is 356 g/mol. The summed E-state index contributed by atoms with van der Waals surface area (Å²) in [6, 6.07) is 0. The molecule has 6 nitrogen and oxygen atoms in total. The number of piperidine rings is 1. The number of halogens is 1. The summed E-state index contributed by atoms with van der Waals surface area (Å²) in [5, 5.41) is 0.381. The highest BCUT2D eigenvalue weighted by molar-refractivity contribution is 6.29. The zero-order chi connectivity index (χ0) is 17.6. The standard InChI is InChI=1S/C17H26ClN3O3/c1-17(2,3)24-16(22)21-9-4-5-13(11-21)6-10-23-12-14-15(18)20-8-7-19-14/h7-8,13H,4-6,9-12H2,1-3H3/t13-/m1/s1. The minimum Gasteiger partial charge on any atom is -0.444 e. The Bertz CT molecular complexity index is 548. The molecular formula is C17H26ClN3O3. The van der Waals surface area contributed by atoms with Gasteiger partial charge in [-0.05, 0) is 46.0 Å². The molecule has 134 valence electrons. The molecule has 0 aliphatic carbocycles. The lowest BCUT2D eigenvalue weighted by atomic mass is 9.95. The second-order valence-corrected chi connectivity index (χ2v) is 7.43. The summed E-state index contributed by atoms with van der Waals surface area (Å²) in [6.07, 6.45) is 5.94. The van der Waals surface area contributed by atoms with Crippen molar-refractivity contribution in [3.8, 4) is 0 Å². The third kappa shape index (κ3) is 6.24. The van der Waals surface area contributed by atoms with E-state index >= 15 is 0 Å². The molecule has 1 aromatic rings. The van der Waals surface area contributed by atoms with E-state index in [1.807, 2.05) is 20.8 Å². The fraction of sp³-hybridized carbons (Fsp3) is 0.706. The Balaban J connectivity index is 1.71. The normalized spacial score (nSPS) is 18.5. The lowest BCUT2D eigenvalue weighted by Crippen LogP contribution is -2.43. The lowest BCUT2D eigenvalue weighted by molar-refractivity contribution is 0.0135. The third-order valence-electron chi connectivity index (χ3n) is 3.80. The molecule has 0 radical (unpaired) electrons. The molecule has 1 amide bonds. The molecule has 0 saturated carbocycles. The first-order chi connectivity index (χ1) is 11.3. The molecule has 2 heterocycles.